The molecule has 0 spiro atoms. The van der Waals surface area contributed by atoms with E-state index in [4.69, 9.17) is 11.6 Å². The molecule has 0 saturated heterocycles. The van der Waals surface area contributed by atoms with Crippen LogP contribution in [0.4, 0.5) is 0 Å². The summed E-state index contributed by atoms with van der Waals surface area (Å²) in [6, 6.07) is 12.0. The molecule has 0 bridgehead atoms. The van der Waals surface area contributed by atoms with Crippen LogP contribution in [0.25, 0.3) is 16.6 Å². The molecule has 0 radical (unpaired) electrons. The Morgan fingerprint density at radius 1 is 1.10 bits per heavy atom. The van der Waals surface area contributed by atoms with E-state index in [-0.39, 0.29) is 5.56 Å². The van der Waals surface area contributed by atoms with Crippen LogP contribution in [0.3, 0.4) is 0 Å². The lowest BCUT2D eigenvalue weighted by molar-refractivity contribution is 0.901. The first kappa shape index (κ1) is 13.4. The lowest BCUT2D eigenvalue weighted by atomic mass is 10.2. The number of nitrogens with zero attached hydrogens (tertiary/aromatic N) is 1. The van der Waals surface area contributed by atoms with Gasteiger partial charge in [0.2, 0.25) is 0 Å². The Balaban J connectivity index is 2.43. The molecule has 6 heteroatoms. The number of fused-ring (bicyclic) bond motifs is 1. The van der Waals surface area contributed by atoms with Gasteiger partial charge in [0.1, 0.15) is 0 Å². The molecule has 0 amide bonds. The van der Waals surface area contributed by atoms with Gasteiger partial charge in [-0.1, -0.05) is 23.7 Å². The zero-order valence-electron chi connectivity index (χ0n) is 10.1. The minimum Gasteiger partial charge on any atom is -0.306 e. The van der Waals surface area contributed by atoms with Gasteiger partial charge in [-0.05, 0) is 52.9 Å². The number of halogens is 2. The maximum absolute atomic E-state index is 12.5. The van der Waals surface area contributed by atoms with E-state index in [1.54, 1.807) is 42.5 Å². The summed E-state index contributed by atoms with van der Waals surface area (Å²) in [6.07, 6.45) is 0. The standard InChI is InChI=1S/C14H8ClIN2O2/c15-10-7-8(16)5-6-12(10)18-13(19)9-3-1-2-4-11(9)17-14(18)20/h1-7H,(H,17,20). The number of aromatic nitrogens is 2. The first-order valence-corrected chi connectivity index (χ1v) is 7.23. The van der Waals surface area contributed by atoms with Crippen molar-refractivity contribution < 1.29 is 0 Å². The smallest absolute Gasteiger partial charge is 0.306 e. The number of hydrogen-bond donors (Lipinski definition) is 1. The molecule has 1 heterocycles. The van der Waals surface area contributed by atoms with Gasteiger partial charge in [-0.25, -0.2) is 9.36 Å². The Labute approximate surface area is 132 Å². The van der Waals surface area contributed by atoms with E-state index in [1.165, 1.54) is 0 Å². The number of benzene rings is 2. The van der Waals surface area contributed by atoms with Crippen molar-refractivity contribution in [3.05, 3.63) is 71.9 Å². The predicted molar refractivity (Wildman–Crippen MR) is 87.9 cm³/mol. The van der Waals surface area contributed by atoms with Gasteiger partial charge in [0.05, 0.1) is 21.6 Å². The number of H-pyrrole nitrogens is 1. The number of para-hydroxylation sites is 1. The molecule has 0 aliphatic rings. The molecule has 0 aliphatic carbocycles. The van der Waals surface area contributed by atoms with Crippen LogP contribution in [0.15, 0.2) is 52.1 Å². The molecule has 100 valence electrons. The van der Waals surface area contributed by atoms with E-state index in [0.717, 1.165) is 8.14 Å². The van der Waals surface area contributed by atoms with Crippen LogP contribution in [0.1, 0.15) is 0 Å². The molecule has 0 unspecified atom stereocenters. The Kier molecular flexibility index (Phi) is 3.39. The van der Waals surface area contributed by atoms with Crippen molar-refractivity contribution in [2.75, 3.05) is 0 Å². The summed E-state index contributed by atoms with van der Waals surface area (Å²) < 4.78 is 1.99. The van der Waals surface area contributed by atoms with Gasteiger partial charge in [-0.2, -0.15) is 0 Å². The van der Waals surface area contributed by atoms with Crippen molar-refractivity contribution in [2.24, 2.45) is 0 Å². The molecule has 1 N–H and O–H groups in total. The topological polar surface area (TPSA) is 54.9 Å². The lowest BCUT2D eigenvalue weighted by Crippen LogP contribution is -2.33. The summed E-state index contributed by atoms with van der Waals surface area (Å²) in [5.41, 5.74) is 0.00809. The molecular weight excluding hydrogens is 391 g/mol. The Bertz CT molecular complexity index is 930. The summed E-state index contributed by atoms with van der Waals surface area (Å²) in [4.78, 5) is 27.3. The summed E-state index contributed by atoms with van der Waals surface area (Å²) in [5.74, 6) is 0. The second kappa shape index (κ2) is 5.06. The Morgan fingerprint density at radius 3 is 2.60 bits per heavy atom. The van der Waals surface area contributed by atoms with E-state index < -0.39 is 5.69 Å². The SMILES string of the molecule is O=c1[nH]c2ccccc2c(=O)n1-c1ccc(I)cc1Cl. The van der Waals surface area contributed by atoms with Crippen LogP contribution in [0.5, 0.6) is 0 Å². The van der Waals surface area contributed by atoms with Crippen LogP contribution in [-0.4, -0.2) is 9.55 Å². The third kappa shape index (κ3) is 2.16. The summed E-state index contributed by atoms with van der Waals surface area (Å²) in [5, 5.41) is 0.807. The molecule has 3 rings (SSSR count). The number of rotatable bonds is 1. The van der Waals surface area contributed by atoms with E-state index in [9.17, 15) is 9.59 Å². The van der Waals surface area contributed by atoms with E-state index in [2.05, 4.69) is 27.6 Å². The third-order valence-corrected chi connectivity index (χ3v) is 3.93. The lowest BCUT2D eigenvalue weighted by Gasteiger charge is -2.08. The van der Waals surface area contributed by atoms with Gasteiger partial charge in [-0.15, -0.1) is 0 Å². The van der Waals surface area contributed by atoms with Gasteiger partial charge in [0.25, 0.3) is 5.56 Å². The van der Waals surface area contributed by atoms with Crippen LogP contribution >= 0.6 is 34.2 Å². The predicted octanol–water partition coefficient (Wildman–Crippen LogP) is 2.94. The molecule has 4 nitrogen and oxygen atoms in total. The maximum Gasteiger partial charge on any atom is 0.333 e. The van der Waals surface area contributed by atoms with Crippen LogP contribution in [-0.2, 0) is 0 Å². The first-order chi connectivity index (χ1) is 9.58. The first-order valence-electron chi connectivity index (χ1n) is 5.77. The van der Waals surface area contributed by atoms with Crippen LogP contribution in [0, 0.1) is 3.57 Å². The summed E-state index contributed by atoms with van der Waals surface area (Å²) in [7, 11) is 0. The fourth-order valence-corrected chi connectivity index (χ4v) is 2.98. The fourth-order valence-electron chi connectivity index (χ4n) is 2.04. The molecule has 2 aromatic carbocycles. The van der Waals surface area contributed by atoms with E-state index in [0.29, 0.717) is 21.6 Å². The highest BCUT2D eigenvalue weighted by Crippen LogP contribution is 2.21. The molecule has 0 atom stereocenters. The third-order valence-electron chi connectivity index (χ3n) is 2.96. The average molecular weight is 399 g/mol. The normalized spacial score (nSPS) is 10.9. The zero-order chi connectivity index (χ0) is 14.3. The fraction of sp³-hybridized carbons (Fsp3) is 0. The zero-order valence-corrected chi connectivity index (χ0v) is 13.0. The van der Waals surface area contributed by atoms with Gasteiger partial charge >= 0.3 is 5.69 Å². The van der Waals surface area contributed by atoms with Crippen molar-refractivity contribution in [3.63, 3.8) is 0 Å². The quantitative estimate of drug-likeness (QED) is 0.641. The molecule has 0 saturated carbocycles. The average Bonchev–Trinajstić information content (AvgIpc) is 2.41. The molecule has 1 aromatic heterocycles. The van der Waals surface area contributed by atoms with Gasteiger partial charge < -0.3 is 4.98 Å². The Morgan fingerprint density at radius 2 is 1.85 bits per heavy atom. The molecule has 20 heavy (non-hydrogen) atoms. The van der Waals surface area contributed by atoms with Gasteiger partial charge in [-0.3, -0.25) is 4.79 Å². The van der Waals surface area contributed by atoms with E-state index >= 15 is 0 Å². The number of aromatic amines is 1. The molecule has 0 aliphatic heterocycles. The molecule has 0 fully saturated rings. The van der Waals surface area contributed by atoms with Crippen LogP contribution in [0.2, 0.25) is 5.02 Å². The van der Waals surface area contributed by atoms with Crippen molar-refractivity contribution in [2.45, 2.75) is 0 Å². The van der Waals surface area contributed by atoms with Crippen molar-refractivity contribution in [3.8, 4) is 5.69 Å². The van der Waals surface area contributed by atoms with Crippen molar-refractivity contribution in [1.82, 2.24) is 9.55 Å². The highest BCUT2D eigenvalue weighted by molar-refractivity contribution is 14.1. The highest BCUT2D eigenvalue weighted by Gasteiger charge is 2.11. The number of hydrogen-bond acceptors (Lipinski definition) is 2. The van der Waals surface area contributed by atoms with Gasteiger partial charge in [0.15, 0.2) is 0 Å². The minimum absolute atomic E-state index is 0.361. The highest BCUT2D eigenvalue weighted by atomic mass is 127. The molecule has 3 aromatic rings. The van der Waals surface area contributed by atoms with Crippen molar-refractivity contribution in [1.29, 1.82) is 0 Å². The van der Waals surface area contributed by atoms with Crippen LogP contribution < -0.4 is 11.2 Å². The maximum atomic E-state index is 12.5. The van der Waals surface area contributed by atoms with Gasteiger partial charge in [0, 0.05) is 3.57 Å². The summed E-state index contributed by atoms with van der Waals surface area (Å²) in [6.45, 7) is 0. The Hall–Kier alpha value is -1.60. The summed E-state index contributed by atoms with van der Waals surface area (Å²) >= 11 is 8.26. The van der Waals surface area contributed by atoms with Crippen molar-refractivity contribution >= 4 is 45.1 Å². The molecular formula is C14H8ClIN2O2. The largest absolute Gasteiger partial charge is 0.333 e. The second-order valence-corrected chi connectivity index (χ2v) is 5.86. The minimum atomic E-state index is -0.503. The monoisotopic (exact) mass is 398 g/mol. The number of nitrogens with one attached hydrogen (secondary N) is 1. The van der Waals surface area contributed by atoms with E-state index in [1.807, 2.05) is 0 Å². The second-order valence-electron chi connectivity index (χ2n) is 4.21.